The summed E-state index contributed by atoms with van der Waals surface area (Å²) in [7, 11) is 0. The van der Waals surface area contributed by atoms with Crippen LogP contribution in [0.25, 0.3) is 10.9 Å². The molecule has 3 nitrogen and oxygen atoms in total. The minimum Gasteiger partial charge on any atom is -0.303 e. The van der Waals surface area contributed by atoms with E-state index >= 15 is 0 Å². The quantitative estimate of drug-likeness (QED) is 0.431. The highest BCUT2D eigenvalue weighted by Gasteiger charge is 2.08. The van der Waals surface area contributed by atoms with E-state index in [9.17, 15) is 9.59 Å². The van der Waals surface area contributed by atoms with E-state index in [-0.39, 0.29) is 12.2 Å². The molecule has 0 aliphatic heterocycles. The van der Waals surface area contributed by atoms with Crippen molar-refractivity contribution in [2.24, 2.45) is 0 Å². The largest absolute Gasteiger partial charge is 0.303 e. The molecule has 15 heavy (non-hydrogen) atoms. The van der Waals surface area contributed by atoms with Crippen LogP contribution in [0.15, 0.2) is 36.5 Å². The van der Waals surface area contributed by atoms with Gasteiger partial charge in [0.25, 0.3) is 0 Å². The number of pyridine rings is 1. The van der Waals surface area contributed by atoms with Crippen LogP contribution in [-0.4, -0.2) is 17.1 Å². The molecule has 2 rings (SSSR count). The van der Waals surface area contributed by atoms with E-state index < -0.39 is 0 Å². The Hall–Kier alpha value is -2.03. The first kappa shape index (κ1) is 9.52. The molecule has 3 heteroatoms. The van der Waals surface area contributed by atoms with Crippen LogP contribution in [0.4, 0.5) is 0 Å². The summed E-state index contributed by atoms with van der Waals surface area (Å²) in [6.45, 7) is 0. The summed E-state index contributed by atoms with van der Waals surface area (Å²) in [4.78, 5) is 26.0. The Morgan fingerprint density at radius 2 is 2.07 bits per heavy atom. The minimum atomic E-state index is -0.163. The average Bonchev–Trinajstić information content (AvgIpc) is 2.28. The van der Waals surface area contributed by atoms with Gasteiger partial charge in [-0.15, -0.1) is 0 Å². The third-order valence-corrected chi connectivity index (χ3v) is 2.22. The number of Topliss-reactive ketones (excluding diaryl/α,β-unsaturated/α-hetero) is 1. The van der Waals surface area contributed by atoms with Gasteiger partial charge in [0.15, 0.2) is 5.78 Å². The number of carbonyl (C=O) groups excluding carboxylic acids is 2. The number of carbonyl (C=O) groups is 2. The molecular formula is C12H9NO2. The summed E-state index contributed by atoms with van der Waals surface area (Å²) >= 11 is 0. The predicted molar refractivity (Wildman–Crippen MR) is 56.8 cm³/mol. The Kier molecular flexibility index (Phi) is 2.54. The van der Waals surface area contributed by atoms with Crippen LogP contribution in [0.2, 0.25) is 0 Å². The lowest BCUT2D eigenvalue weighted by Crippen LogP contribution is -2.00. The fraction of sp³-hybridized carbons (Fsp3) is 0.0833. The maximum Gasteiger partial charge on any atom is 0.170 e. The van der Waals surface area contributed by atoms with Gasteiger partial charge in [-0.3, -0.25) is 9.78 Å². The van der Waals surface area contributed by atoms with Crippen LogP contribution in [0.1, 0.15) is 16.8 Å². The van der Waals surface area contributed by atoms with Crippen LogP contribution in [0.3, 0.4) is 0 Å². The Balaban J connectivity index is 2.60. The third-order valence-electron chi connectivity index (χ3n) is 2.22. The van der Waals surface area contributed by atoms with E-state index in [0.29, 0.717) is 11.8 Å². The van der Waals surface area contributed by atoms with E-state index in [4.69, 9.17) is 0 Å². The second kappa shape index (κ2) is 4.00. The molecule has 0 amide bonds. The first-order chi connectivity index (χ1) is 7.33. The van der Waals surface area contributed by atoms with E-state index in [1.54, 1.807) is 12.3 Å². The Bertz CT molecular complexity index is 515. The zero-order chi connectivity index (χ0) is 10.7. The Morgan fingerprint density at radius 1 is 1.27 bits per heavy atom. The van der Waals surface area contributed by atoms with E-state index in [1.165, 1.54) is 0 Å². The SMILES string of the molecule is O=CCC(=O)c1ccnc2ccccc12. The summed E-state index contributed by atoms with van der Waals surface area (Å²) < 4.78 is 0. The fourth-order valence-electron chi connectivity index (χ4n) is 1.52. The number of nitrogens with zero attached hydrogens (tertiary/aromatic N) is 1. The zero-order valence-electron chi connectivity index (χ0n) is 8.01. The van der Waals surface area contributed by atoms with Crippen molar-refractivity contribution in [3.63, 3.8) is 0 Å². The zero-order valence-corrected chi connectivity index (χ0v) is 8.01. The number of hydrogen-bond acceptors (Lipinski definition) is 3. The lowest BCUT2D eigenvalue weighted by atomic mass is 10.0. The first-order valence-corrected chi connectivity index (χ1v) is 4.63. The second-order valence-electron chi connectivity index (χ2n) is 3.17. The molecule has 0 saturated heterocycles. The van der Waals surface area contributed by atoms with Gasteiger partial charge in [0, 0.05) is 17.1 Å². The average molecular weight is 199 g/mol. The van der Waals surface area contributed by atoms with E-state index in [0.717, 1.165) is 10.9 Å². The molecule has 0 unspecified atom stereocenters. The summed E-state index contributed by atoms with van der Waals surface area (Å²) in [5.74, 6) is -0.163. The molecule has 0 spiro atoms. The minimum absolute atomic E-state index is 0.0754. The number of hydrogen-bond donors (Lipinski definition) is 0. The summed E-state index contributed by atoms with van der Waals surface area (Å²) in [5, 5.41) is 0.798. The number of aromatic nitrogens is 1. The molecule has 0 radical (unpaired) electrons. The van der Waals surface area contributed by atoms with Crippen molar-refractivity contribution in [2.75, 3.05) is 0 Å². The standard InChI is InChI=1S/C12H9NO2/c14-8-6-12(15)10-5-7-13-11-4-2-1-3-9(10)11/h1-5,7-8H,6H2. The number of benzene rings is 1. The van der Waals surface area contributed by atoms with E-state index in [2.05, 4.69) is 4.98 Å². The maximum absolute atomic E-state index is 11.6. The van der Waals surface area contributed by atoms with Gasteiger partial charge < -0.3 is 4.79 Å². The molecule has 74 valence electrons. The van der Waals surface area contributed by atoms with Crippen molar-refractivity contribution >= 4 is 23.0 Å². The van der Waals surface area contributed by atoms with Crippen LogP contribution < -0.4 is 0 Å². The molecule has 0 fully saturated rings. The van der Waals surface area contributed by atoms with Gasteiger partial charge in [-0.05, 0) is 12.1 Å². The first-order valence-electron chi connectivity index (χ1n) is 4.63. The second-order valence-corrected chi connectivity index (χ2v) is 3.17. The molecule has 0 aliphatic rings. The number of fused-ring (bicyclic) bond motifs is 1. The molecule has 1 aromatic carbocycles. The van der Waals surface area contributed by atoms with Gasteiger partial charge >= 0.3 is 0 Å². The lowest BCUT2D eigenvalue weighted by molar-refractivity contribution is -0.107. The molecule has 1 aromatic heterocycles. The van der Waals surface area contributed by atoms with Gasteiger partial charge in [-0.2, -0.15) is 0 Å². The van der Waals surface area contributed by atoms with Gasteiger partial charge in [-0.25, -0.2) is 0 Å². The van der Waals surface area contributed by atoms with Gasteiger partial charge in [-0.1, -0.05) is 18.2 Å². The summed E-state index contributed by atoms with van der Waals surface area (Å²) in [5.41, 5.74) is 1.34. The smallest absolute Gasteiger partial charge is 0.170 e. The molecular weight excluding hydrogens is 190 g/mol. The number of rotatable bonds is 3. The summed E-state index contributed by atoms with van der Waals surface area (Å²) in [6, 6.07) is 9.03. The van der Waals surface area contributed by atoms with Crippen molar-refractivity contribution in [3.8, 4) is 0 Å². The molecule has 1 heterocycles. The highest BCUT2D eigenvalue weighted by atomic mass is 16.1. The number of aldehydes is 1. The third kappa shape index (κ3) is 1.76. The van der Waals surface area contributed by atoms with Crippen LogP contribution >= 0.6 is 0 Å². The summed E-state index contributed by atoms with van der Waals surface area (Å²) in [6.07, 6.45) is 2.13. The maximum atomic E-state index is 11.6. The van der Waals surface area contributed by atoms with Gasteiger partial charge in [0.1, 0.15) is 6.29 Å². The van der Waals surface area contributed by atoms with Crippen molar-refractivity contribution in [1.29, 1.82) is 0 Å². The highest BCUT2D eigenvalue weighted by Crippen LogP contribution is 2.17. The molecule has 0 N–H and O–H groups in total. The molecule has 0 aliphatic carbocycles. The van der Waals surface area contributed by atoms with Crippen molar-refractivity contribution < 1.29 is 9.59 Å². The monoisotopic (exact) mass is 199 g/mol. The molecule has 0 atom stereocenters. The molecule has 2 aromatic rings. The predicted octanol–water partition coefficient (Wildman–Crippen LogP) is 2.01. The molecule has 0 bridgehead atoms. The molecule has 0 saturated carbocycles. The van der Waals surface area contributed by atoms with Gasteiger partial charge in [0.2, 0.25) is 0 Å². The lowest BCUT2D eigenvalue weighted by Gasteiger charge is -2.02. The number of para-hydroxylation sites is 1. The van der Waals surface area contributed by atoms with E-state index in [1.807, 2.05) is 24.3 Å². The van der Waals surface area contributed by atoms with Crippen molar-refractivity contribution in [3.05, 3.63) is 42.1 Å². The number of ketones is 1. The van der Waals surface area contributed by atoms with Crippen LogP contribution in [0.5, 0.6) is 0 Å². The Labute approximate surface area is 86.8 Å². The Morgan fingerprint density at radius 3 is 2.87 bits per heavy atom. The highest BCUT2D eigenvalue weighted by molar-refractivity contribution is 6.10. The van der Waals surface area contributed by atoms with Crippen LogP contribution in [-0.2, 0) is 4.79 Å². The van der Waals surface area contributed by atoms with Crippen molar-refractivity contribution in [1.82, 2.24) is 4.98 Å². The van der Waals surface area contributed by atoms with Crippen LogP contribution in [0, 0.1) is 0 Å². The van der Waals surface area contributed by atoms with Gasteiger partial charge in [0.05, 0.1) is 11.9 Å². The fourth-order valence-corrected chi connectivity index (χ4v) is 1.52. The van der Waals surface area contributed by atoms with Crippen molar-refractivity contribution in [2.45, 2.75) is 6.42 Å². The normalized spacial score (nSPS) is 10.1. The topological polar surface area (TPSA) is 47.0 Å².